The molecule has 21 heteroatoms. The quantitative estimate of drug-likeness (QED) is 0.0155. The van der Waals surface area contributed by atoms with Crippen molar-refractivity contribution in [3.63, 3.8) is 0 Å². The number of aromatic nitrogens is 2. The maximum Gasteiger partial charge on any atom is 0.481 e. The SMILES string of the molecule is CCCC(O)C/C=C\C/C=C\C/C=C\C/C=C\CCCC(=O)O[C@H](COC(=O)CCCCCCCCCCCCC(C)CC)COP(=O)(O)OP(=O)(O)OC[C@H]1O[C@@H](n2ccc(N)nc2=O)[C@H](O)[C@@H]1O. The average Bonchev–Trinajstić information content (AvgIpc) is 3.59. The molecule has 1 aromatic rings. The molecule has 9 atom stereocenters. The van der Waals surface area contributed by atoms with Gasteiger partial charge in [-0.15, -0.1) is 0 Å². The van der Waals surface area contributed by atoms with Gasteiger partial charge in [-0.3, -0.25) is 23.2 Å². The molecule has 19 nitrogen and oxygen atoms in total. The average molecular weight is 1030 g/mol. The van der Waals surface area contributed by atoms with Crippen molar-refractivity contribution in [1.29, 1.82) is 0 Å². The summed E-state index contributed by atoms with van der Waals surface area (Å²) in [6.45, 7) is 4.21. The summed E-state index contributed by atoms with van der Waals surface area (Å²) in [5.74, 6) is -0.589. The number of aliphatic hydroxyl groups is 3. The highest BCUT2D eigenvalue weighted by Gasteiger charge is 2.46. The van der Waals surface area contributed by atoms with Gasteiger partial charge in [-0.25, -0.2) is 13.9 Å². The number of carbonyl (C=O) groups is 2. The van der Waals surface area contributed by atoms with E-state index in [0.717, 1.165) is 68.0 Å². The fourth-order valence-corrected chi connectivity index (χ4v) is 9.35. The van der Waals surface area contributed by atoms with Crippen LogP contribution in [-0.2, 0) is 46.3 Å². The molecule has 1 saturated heterocycles. The molecule has 2 heterocycles. The molecule has 400 valence electrons. The predicted octanol–water partition coefficient (Wildman–Crippen LogP) is 8.99. The molecule has 7 N–H and O–H groups in total. The first-order valence-corrected chi connectivity index (χ1v) is 28.1. The number of phosphoric ester groups is 2. The van der Waals surface area contributed by atoms with Crippen LogP contribution >= 0.6 is 15.6 Å². The summed E-state index contributed by atoms with van der Waals surface area (Å²) < 4.78 is 56.7. The molecule has 1 aromatic heterocycles. The lowest BCUT2D eigenvalue weighted by atomic mass is 9.99. The van der Waals surface area contributed by atoms with Gasteiger partial charge in [0, 0.05) is 19.0 Å². The Morgan fingerprint density at radius 3 is 1.97 bits per heavy atom. The number of esters is 2. The highest BCUT2D eigenvalue weighted by atomic mass is 31.3. The Morgan fingerprint density at radius 2 is 1.36 bits per heavy atom. The van der Waals surface area contributed by atoms with E-state index < -0.39 is 83.7 Å². The number of phosphoric acid groups is 2. The van der Waals surface area contributed by atoms with Crippen molar-refractivity contribution in [3.05, 3.63) is 71.4 Å². The van der Waals surface area contributed by atoms with E-state index in [4.69, 9.17) is 29.0 Å². The Hall–Kier alpha value is -3.32. The molecular weight excluding hydrogens is 948 g/mol. The molecular formula is C49H83N3O16P2. The molecule has 70 heavy (non-hydrogen) atoms. The van der Waals surface area contributed by atoms with Crippen molar-refractivity contribution in [2.45, 2.75) is 199 Å². The van der Waals surface area contributed by atoms with Crippen LogP contribution in [0.3, 0.4) is 0 Å². The summed E-state index contributed by atoms with van der Waals surface area (Å²) >= 11 is 0. The van der Waals surface area contributed by atoms with E-state index in [0.29, 0.717) is 32.1 Å². The van der Waals surface area contributed by atoms with Crippen LogP contribution in [0.5, 0.6) is 0 Å². The zero-order valence-electron chi connectivity index (χ0n) is 41.6. The number of anilines is 1. The fourth-order valence-electron chi connectivity index (χ4n) is 7.24. The number of hydrogen-bond acceptors (Lipinski definition) is 16. The standard InChI is InChI=1S/C49H83N3O16P2/c1-4-29-40(53)31-26-22-18-14-9-7-6-8-10-16-20-24-28-33-45(55)66-41(36-63-44(54)32-27-23-19-15-12-11-13-17-21-25-30-39(3)5-2)37-64-69(59,60)68-70(61,62)65-38-42-46(56)47(57)48(67-42)52-35-34-43(50)51-49(52)58/h6,8-9,14,16,20,22,26,34-35,39-42,46-48,53,56-57H,4-5,7,10-13,15,17-19,21,23-25,27-33,36-38H2,1-3H3,(H,59,60)(H,61,62)(H2,50,51,58)/b8-6-,14-9-,20-16-,26-22-/t39?,40?,41-,42-,46-,47-,48-/m1/s1. The highest BCUT2D eigenvalue weighted by molar-refractivity contribution is 7.61. The summed E-state index contributed by atoms with van der Waals surface area (Å²) in [5, 5.41) is 30.7. The fraction of sp³-hybridized carbons (Fsp3) is 0.714. The van der Waals surface area contributed by atoms with E-state index >= 15 is 0 Å². The number of carbonyl (C=O) groups excluding carboxylic acids is 2. The maximum absolute atomic E-state index is 12.8. The zero-order valence-corrected chi connectivity index (χ0v) is 43.4. The van der Waals surface area contributed by atoms with Gasteiger partial charge in [0.25, 0.3) is 0 Å². The first-order chi connectivity index (χ1) is 33.5. The van der Waals surface area contributed by atoms with Crippen molar-refractivity contribution in [3.8, 4) is 0 Å². The van der Waals surface area contributed by atoms with Gasteiger partial charge in [-0.1, -0.05) is 146 Å². The third-order valence-corrected chi connectivity index (χ3v) is 14.1. The van der Waals surface area contributed by atoms with Crippen LogP contribution < -0.4 is 11.4 Å². The molecule has 0 radical (unpaired) electrons. The minimum atomic E-state index is -5.44. The van der Waals surface area contributed by atoms with Crippen LogP contribution in [0, 0.1) is 5.92 Å². The lowest BCUT2D eigenvalue weighted by molar-refractivity contribution is -0.161. The number of allylic oxidation sites excluding steroid dienone is 7. The highest BCUT2D eigenvalue weighted by Crippen LogP contribution is 2.60. The second kappa shape index (κ2) is 36.6. The molecule has 0 aliphatic carbocycles. The summed E-state index contributed by atoms with van der Waals surface area (Å²) in [6.07, 6.45) is 28.4. The molecule has 0 amide bonds. The van der Waals surface area contributed by atoms with Crippen LogP contribution in [0.1, 0.15) is 168 Å². The molecule has 4 unspecified atom stereocenters. The summed E-state index contributed by atoms with van der Waals surface area (Å²) in [5.41, 5.74) is 4.58. The number of nitrogens with zero attached hydrogens (tertiary/aromatic N) is 2. The Morgan fingerprint density at radius 1 is 0.786 bits per heavy atom. The second-order valence-electron chi connectivity index (χ2n) is 17.7. The zero-order chi connectivity index (χ0) is 51.6. The predicted molar refractivity (Wildman–Crippen MR) is 267 cm³/mol. The molecule has 0 spiro atoms. The second-order valence-corrected chi connectivity index (χ2v) is 20.8. The number of nitrogen functional groups attached to an aromatic ring is 1. The monoisotopic (exact) mass is 1030 g/mol. The third kappa shape index (κ3) is 29.3. The number of ether oxygens (including phenoxy) is 3. The molecule has 0 saturated carbocycles. The van der Waals surface area contributed by atoms with Crippen molar-refractivity contribution in [2.24, 2.45) is 5.92 Å². The molecule has 1 aliphatic rings. The van der Waals surface area contributed by atoms with E-state index in [-0.39, 0.29) is 24.8 Å². The molecule has 0 aromatic carbocycles. The first-order valence-electron chi connectivity index (χ1n) is 25.1. The van der Waals surface area contributed by atoms with Gasteiger partial charge < -0.3 is 45.1 Å². The van der Waals surface area contributed by atoms with Crippen LogP contribution in [0.4, 0.5) is 5.82 Å². The van der Waals surface area contributed by atoms with Gasteiger partial charge in [0.05, 0.1) is 19.3 Å². The smallest absolute Gasteiger partial charge is 0.462 e. The van der Waals surface area contributed by atoms with Crippen molar-refractivity contribution < 1.29 is 71.4 Å². The van der Waals surface area contributed by atoms with Crippen LogP contribution in [0.25, 0.3) is 0 Å². The number of unbranched alkanes of at least 4 members (excludes halogenated alkanes) is 10. The maximum atomic E-state index is 12.8. The summed E-state index contributed by atoms with van der Waals surface area (Å²) in [7, 11) is -10.9. The van der Waals surface area contributed by atoms with Gasteiger partial charge in [0.1, 0.15) is 30.7 Å². The third-order valence-electron chi connectivity index (χ3n) is 11.5. The van der Waals surface area contributed by atoms with E-state index in [2.05, 4.69) is 41.4 Å². The Balaban J connectivity index is 1.84. The number of rotatable bonds is 40. The van der Waals surface area contributed by atoms with Crippen molar-refractivity contribution in [1.82, 2.24) is 9.55 Å². The lowest BCUT2D eigenvalue weighted by Crippen LogP contribution is -2.36. The molecule has 0 bridgehead atoms. The minimum Gasteiger partial charge on any atom is -0.462 e. The summed E-state index contributed by atoms with van der Waals surface area (Å²) in [4.78, 5) is 61.8. The van der Waals surface area contributed by atoms with Crippen LogP contribution in [-0.4, -0.2) is 96.9 Å². The lowest BCUT2D eigenvalue weighted by Gasteiger charge is -2.21. The molecule has 1 fully saturated rings. The molecule has 1 aliphatic heterocycles. The number of hydrogen-bond donors (Lipinski definition) is 6. The van der Waals surface area contributed by atoms with Crippen LogP contribution in [0.15, 0.2) is 65.7 Å². The van der Waals surface area contributed by atoms with Gasteiger partial charge in [-0.2, -0.15) is 9.29 Å². The van der Waals surface area contributed by atoms with E-state index in [1.807, 2.05) is 37.3 Å². The van der Waals surface area contributed by atoms with Gasteiger partial charge in [-0.05, 0) is 63.4 Å². The van der Waals surface area contributed by atoms with E-state index in [1.165, 1.54) is 51.0 Å². The topological polar surface area (TPSA) is 286 Å². The minimum absolute atomic E-state index is 0.0409. The Labute approximate surface area is 414 Å². The van der Waals surface area contributed by atoms with Crippen molar-refractivity contribution in [2.75, 3.05) is 25.6 Å². The Bertz CT molecular complexity index is 1890. The van der Waals surface area contributed by atoms with Gasteiger partial charge >= 0.3 is 33.3 Å². The molecule has 2 rings (SSSR count). The van der Waals surface area contributed by atoms with Crippen molar-refractivity contribution >= 4 is 33.4 Å². The Kier molecular flexibility index (Phi) is 32.8. The van der Waals surface area contributed by atoms with Gasteiger partial charge in [0.2, 0.25) is 0 Å². The van der Waals surface area contributed by atoms with E-state index in [9.17, 15) is 48.6 Å². The van der Waals surface area contributed by atoms with Crippen LogP contribution in [0.2, 0.25) is 0 Å². The number of nitrogens with two attached hydrogens (primary N) is 1. The van der Waals surface area contributed by atoms with E-state index in [1.54, 1.807) is 0 Å². The largest absolute Gasteiger partial charge is 0.481 e. The number of aliphatic hydroxyl groups excluding tert-OH is 3. The summed E-state index contributed by atoms with van der Waals surface area (Å²) in [6, 6.07) is 1.24. The normalized spacial score (nSPS) is 20.6. The first kappa shape index (κ1) is 62.8. The van der Waals surface area contributed by atoms with Gasteiger partial charge in [0.15, 0.2) is 12.3 Å².